The molecule has 4 rings (SSSR count). The maximum absolute atomic E-state index is 12.8. The highest BCUT2D eigenvalue weighted by atomic mass is 35.5. The van der Waals surface area contributed by atoms with E-state index >= 15 is 0 Å². The second-order valence-electron chi connectivity index (χ2n) is 5.53. The maximum Gasteiger partial charge on any atom is 0.310 e. The monoisotopic (exact) mass is 374 g/mol. The molecule has 1 amide bonds. The lowest BCUT2D eigenvalue weighted by Gasteiger charge is -2.18. The van der Waals surface area contributed by atoms with Crippen molar-refractivity contribution >= 4 is 34.8 Å². The smallest absolute Gasteiger partial charge is 0.310 e. The zero-order chi connectivity index (χ0) is 17.4. The van der Waals surface area contributed by atoms with Crippen LogP contribution >= 0.6 is 23.2 Å². The Morgan fingerprint density at radius 2 is 1.92 bits per heavy atom. The average Bonchev–Trinajstić information content (AvgIpc) is 3.34. The highest BCUT2D eigenvalue weighted by Gasteiger charge is 2.36. The molecule has 0 aliphatic carbocycles. The number of hydrogen-bond acceptors (Lipinski definition) is 4. The highest BCUT2D eigenvalue weighted by molar-refractivity contribution is 6.37. The summed E-state index contributed by atoms with van der Waals surface area (Å²) < 4.78 is 10.7. The number of hydrazone groups is 1. The third kappa shape index (κ3) is 2.97. The number of rotatable bonds is 3. The molecule has 126 valence electrons. The van der Waals surface area contributed by atoms with Crippen molar-refractivity contribution in [2.24, 2.45) is 5.10 Å². The summed E-state index contributed by atoms with van der Waals surface area (Å²) in [4.78, 5) is 12.8. The first-order valence-corrected chi connectivity index (χ1v) is 8.32. The second-order valence-corrected chi connectivity index (χ2v) is 6.38. The van der Waals surface area contributed by atoms with E-state index in [0.29, 0.717) is 27.9 Å². The van der Waals surface area contributed by atoms with Gasteiger partial charge in [0.15, 0.2) is 5.76 Å². The van der Waals surface area contributed by atoms with Crippen LogP contribution in [0, 0.1) is 0 Å². The van der Waals surface area contributed by atoms with E-state index in [1.54, 1.807) is 42.7 Å². The molecular formula is C18H12Cl2N2O3. The molecule has 0 fully saturated rings. The van der Waals surface area contributed by atoms with Gasteiger partial charge in [-0.05, 0) is 36.4 Å². The molecule has 7 heteroatoms. The summed E-state index contributed by atoms with van der Waals surface area (Å²) in [5, 5.41) is 6.89. The second kappa shape index (κ2) is 6.43. The number of amides is 1. The average molecular weight is 375 g/mol. The normalized spacial score (nSPS) is 17.0. The van der Waals surface area contributed by atoms with Crippen LogP contribution in [0.25, 0.3) is 0 Å². The van der Waals surface area contributed by atoms with E-state index in [-0.39, 0.29) is 17.7 Å². The van der Waals surface area contributed by atoms with Gasteiger partial charge >= 0.3 is 5.91 Å². The topological polar surface area (TPSA) is 59.0 Å². The van der Waals surface area contributed by atoms with Crippen molar-refractivity contribution in [1.29, 1.82) is 0 Å². The van der Waals surface area contributed by atoms with Crippen molar-refractivity contribution in [3.8, 4) is 0 Å². The fourth-order valence-corrected chi connectivity index (χ4v) is 3.32. The summed E-state index contributed by atoms with van der Waals surface area (Å²) in [7, 11) is 0. The Labute approximate surface area is 153 Å². The predicted molar refractivity (Wildman–Crippen MR) is 93.9 cm³/mol. The van der Waals surface area contributed by atoms with Crippen molar-refractivity contribution in [3.63, 3.8) is 0 Å². The van der Waals surface area contributed by atoms with Crippen LogP contribution in [-0.2, 0) is 0 Å². The number of carbonyl (C=O) groups excluding carboxylic acids is 1. The van der Waals surface area contributed by atoms with Gasteiger partial charge < -0.3 is 8.83 Å². The molecule has 3 aromatic rings. The maximum atomic E-state index is 12.8. The van der Waals surface area contributed by atoms with Gasteiger partial charge in [0.05, 0.1) is 23.3 Å². The van der Waals surface area contributed by atoms with Crippen molar-refractivity contribution in [2.75, 3.05) is 0 Å². The largest absolute Gasteiger partial charge is 0.467 e. The van der Waals surface area contributed by atoms with Crippen LogP contribution in [0.4, 0.5) is 0 Å². The molecule has 0 saturated heterocycles. The summed E-state index contributed by atoms with van der Waals surface area (Å²) in [6.07, 6.45) is 3.49. The molecule has 0 spiro atoms. The Bertz CT molecular complexity index is 933. The van der Waals surface area contributed by atoms with E-state index in [1.165, 1.54) is 11.3 Å². The van der Waals surface area contributed by atoms with Gasteiger partial charge in [0.2, 0.25) is 0 Å². The molecule has 1 aromatic carbocycles. The van der Waals surface area contributed by atoms with Gasteiger partial charge in [0, 0.05) is 17.0 Å². The van der Waals surface area contributed by atoms with Gasteiger partial charge in [-0.25, -0.2) is 5.01 Å². The zero-order valence-electron chi connectivity index (χ0n) is 12.9. The first-order chi connectivity index (χ1) is 12.1. The molecule has 2 aromatic heterocycles. The quantitative estimate of drug-likeness (QED) is 0.635. The van der Waals surface area contributed by atoms with Crippen molar-refractivity contribution in [1.82, 2.24) is 5.01 Å². The number of halogens is 2. The molecular weight excluding hydrogens is 363 g/mol. The number of carbonyl (C=O) groups is 1. The Morgan fingerprint density at radius 3 is 2.60 bits per heavy atom. The predicted octanol–water partition coefficient (Wildman–Crippen LogP) is 5.17. The molecule has 0 N–H and O–H groups in total. The van der Waals surface area contributed by atoms with Crippen LogP contribution in [0.15, 0.2) is 68.9 Å². The molecule has 1 aliphatic rings. The van der Waals surface area contributed by atoms with Gasteiger partial charge in [-0.3, -0.25) is 4.79 Å². The minimum absolute atomic E-state index is 0.212. The fraction of sp³-hybridized carbons (Fsp3) is 0.111. The van der Waals surface area contributed by atoms with E-state index in [9.17, 15) is 4.79 Å². The van der Waals surface area contributed by atoms with Gasteiger partial charge in [-0.1, -0.05) is 29.3 Å². The summed E-state index contributed by atoms with van der Waals surface area (Å²) >= 11 is 12.3. The van der Waals surface area contributed by atoms with E-state index in [2.05, 4.69) is 5.10 Å². The van der Waals surface area contributed by atoms with Crippen LogP contribution in [0.3, 0.4) is 0 Å². The van der Waals surface area contributed by atoms with Gasteiger partial charge in [-0.15, -0.1) is 0 Å². The van der Waals surface area contributed by atoms with Crippen LogP contribution in [-0.4, -0.2) is 16.6 Å². The van der Waals surface area contributed by atoms with Crippen LogP contribution in [0.1, 0.15) is 34.3 Å². The number of hydrogen-bond donors (Lipinski definition) is 0. The third-order valence-electron chi connectivity index (χ3n) is 3.96. The summed E-state index contributed by atoms with van der Waals surface area (Å²) in [5.41, 5.74) is 1.42. The zero-order valence-corrected chi connectivity index (χ0v) is 14.4. The summed E-state index contributed by atoms with van der Waals surface area (Å²) in [5.74, 6) is 0.513. The third-order valence-corrected chi connectivity index (χ3v) is 4.51. The SMILES string of the molecule is O=C(c1ccco1)N1N=C(c2ccc(Cl)cc2Cl)C[C@@H]1c1ccco1. The first kappa shape index (κ1) is 16.0. The standard InChI is InChI=1S/C18H12Cl2N2O3/c19-11-5-6-12(13(20)9-11)14-10-15(16-3-1-7-24-16)22(21-14)18(23)17-4-2-8-25-17/h1-9,15H,10H2/t15-/m1/s1. The molecule has 5 nitrogen and oxygen atoms in total. The van der Waals surface area contributed by atoms with Crippen molar-refractivity contribution in [2.45, 2.75) is 12.5 Å². The highest BCUT2D eigenvalue weighted by Crippen LogP contribution is 2.36. The first-order valence-electron chi connectivity index (χ1n) is 7.57. The molecule has 0 saturated carbocycles. The Balaban J connectivity index is 1.74. The van der Waals surface area contributed by atoms with E-state index in [1.807, 2.05) is 6.07 Å². The van der Waals surface area contributed by atoms with Crippen LogP contribution < -0.4 is 0 Å². The molecule has 3 heterocycles. The lowest BCUT2D eigenvalue weighted by Crippen LogP contribution is -2.26. The van der Waals surface area contributed by atoms with Crippen molar-refractivity contribution in [3.05, 3.63) is 82.1 Å². The lowest BCUT2D eigenvalue weighted by atomic mass is 10.0. The minimum atomic E-state index is -0.366. The summed E-state index contributed by atoms with van der Waals surface area (Å²) in [6, 6.07) is 11.7. The molecule has 1 aliphatic heterocycles. The molecule has 0 unspecified atom stereocenters. The minimum Gasteiger partial charge on any atom is -0.467 e. The Morgan fingerprint density at radius 1 is 1.12 bits per heavy atom. The Kier molecular flexibility index (Phi) is 4.11. The molecule has 1 atom stereocenters. The van der Waals surface area contributed by atoms with Crippen LogP contribution in [0.2, 0.25) is 10.0 Å². The lowest BCUT2D eigenvalue weighted by molar-refractivity contribution is 0.0660. The molecule has 0 radical (unpaired) electrons. The number of benzene rings is 1. The molecule has 25 heavy (non-hydrogen) atoms. The van der Waals surface area contributed by atoms with Gasteiger partial charge in [-0.2, -0.15) is 5.10 Å². The van der Waals surface area contributed by atoms with Crippen molar-refractivity contribution < 1.29 is 13.6 Å². The summed E-state index contributed by atoms with van der Waals surface area (Å²) in [6.45, 7) is 0. The number of furan rings is 2. The Hall–Kier alpha value is -2.50. The van der Waals surface area contributed by atoms with Gasteiger partial charge in [0.25, 0.3) is 0 Å². The van der Waals surface area contributed by atoms with Gasteiger partial charge in [0.1, 0.15) is 11.8 Å². The molecule has 0 bridgehead atoms. The van der Waals surface area contributed by atoms with E-state index in [4.69, 9.17) is 32.0 Å². The van der Waals surface area contributed by atoms with Crippen LogP contribution in [0.5, 0.6) is 0 Å². The number of nitrogens with zero attached hydrogens (tertiary/aromatic N) is 2. The van der Waals surface area contributed by atoms with E-state index < -0.39 is 0 Å². The fourth-order valence-electron chi connectivity index (χ4n) is 2.80. The van der Waals surface area contributed by atoms with E-state index in [0.717, 1.165) is 5.56 Å².